The summed E-state index contributed by atoms with van der Waals surface area (Å²) in [6, 6.07) is 5.44. The van der Waals surface area contributed by atoms with Crippen LogP contribution in [0.15, 0.2) is 18.2 Å². The van der Waals surface area contributed by atoms with E-state index in [0.29, 0.717) is 18.5 Å². The minimum atomic E-state index is -0.143. The van der Waals surface area contributed by atoms with E-state index in [2.05, 4.69) is 11.8 Å². The molecule has 2 amide bonds. The SMILES string of the molecule is Cc1ccc(N2C(=O)CC(C)CC2=O)cc1C#CCN. The molecule has 1 fully saturated rings. The van der Waals surface area contributed by atoms with Crippen LogP contribution in [0, 0.1) is 24.7 Å². The zero-order valence-corrected chi connectivity index (χ0v) is 11.8. The third-order valence-corrected chi connectivity index (χ3v) is 3.35. The standard InChI is InChI=1S/C16H18N2O2/c1-11-8-15(19)18(16(20)9-11)14-6-5-12(2)13(10-14)4-3-7-17/h5-6,10-11H,7-9,17H2,1-2H3. The molecule has 1 aliphatic heterocycles. The fourth-order valence-corrected chi connectivity index (χ4v) is 2.31. The van der Waals surface area contributed by atoms with Gasteiger partial charge in [-0.1, -0.05) is 24.8 Å². The average molecular weight is 270 g/mol. The lowest BCUT2D eigenvalue weighted by Crippen LogP contribution is -2.42. The maximum atomic E-state index is 12.1. The van der Waals surface area contributed by atoms with Crippen LogP contribution in [-0.4, -0.2) is 18.4 Å². The topological polar surface area (TPSA) is 63.4 Å². The van der Waals surface area contributed by atoms with Crippen molar-refractivity contribution in [1.29, 1.82) is 0 Å². The van der Waals surface area contributed by atoms with Crippen molar-refractivity contribution in [3.63, 3.8) is 0 Å². The molecular weight excluding hydrogens is 252 g/mol. The molecule has 0 saturated carbocycles. The van der Waals surface area contributed by atoms with Crippen LogP contribution in [0.1, 0.15) is 30.9 Å². The zero-order valence-electron chi connectivity index (χ0n) is 11.8. The van der Waals surface area contributed by atoms with E-state index in [4.69, 9.17) is 5.73 Å². The first-order valence-corrected chi connectivity index (χ1v) is 6.68. The second-order valence-electron chi connectivity index (χ2n) is 5.14. The smallest absolute Gasteiger partial charge is 0.234 e. The maximum Gasteiger partial charge on any atom is 0.234 e. The summed E-state index contributed by atoms with van der Waals surface area (Å²) in [4.78, 5) is 25.4. The number of benzene rings is 1. The van der Waals surface area contributed by atoms with Gasteiger partial charge in [-0.15, -0.1) is 0 Å². The predicted molar refractivity (Wildman–Crippen MR) is 78.0 cm³/mol. The average Bonchev–Trinajstić information content (AvgIpc) is 2.38. The van der Waals surface area contributed by atoms with E-state index in [0.717, 1.165) is 11.1 Å². The van der Waals surface area contributed by atoms with Gasteiger partial charge in [-0.2, -0.15) is 0 Å². The number of anilines is 1. The molecule has 1 aromatic carbocycles. The molecule has 20 heavy (non-hydrogen) atoms. The highest BCUT2D eigenvalue weighted by Crippen LogP contribution is 2.26. The Morgan fingerprint density at radius 2 is 1.95 bits per heavy atom. The van der Waals surface area contributed by atoms with Crippen molar-refractivity contribution in [1.82, 2.24) is 0 Å². The predicted octanol–water partition coefficient (Wildman–Crippen LogP) is 1.59. The van der Waals surface area contributed by atoms with Crippen molar-refractivity contribution in [2.75, 3.05) is 11.4 Å². The number of rotatable bonds is 1. The van der Waals surface area contributed by atoms with Crippen molar-refractivity contribution >= 4 is 17.5 Å². The van der Waals surface area contributed by atoms with Crippen LogP contribution in [0.5, 0.6) is 0 Å². The highest BCUT2D eigenvalue weighted by atomic mass is 16.2. The Labute approximate surface area is 118 Å². The summed E-state index contributed by atoms with van der Waals surface area (Å²) in [7, 11) is 0. The quantitative estimate of drug-likeness (QED) is 0.622. The van der Waals surface area contributed by atoms with Gasteiger partial charge in [0.2, 0.25) is 11.8 Å². The highest BCUT2D eigenvalue weighted by molar-refractivity contribution is 6.16. The number of nitrogens with zero attached hydrogens (tertiary/aromatic N) is 1. The normalized spacial score (nSPS) is 16.1. The van der Waals surface area contributed by atoms with Gasteiger partial charge in [0.25, 0.3) is 0 Å². The Kier molecular flexibility index (Phi) is 4.21. The van der Waals surface area contributed by atoms with Gasteiger partial charge in [-0.3, -0.25) is 14.5 Å². The molecular formula is C16H18N2O2. The van der Waals surface area contributed by atoms with Crippen molar-refractivity contribution < 1.29 is 9.59 Å². The molecule has 104 valence electrons. The fourth-order valence-electron chi connectivity index (χ4n) is 2.31. The Hall–Kier alpha value is -2.12. The number of hydrogen-bond donors (Lipinski definition) is 1. The molecule has 0 aromatic heterocycles. The molecule has 1 saturated heterocycles. The van der Waals surface area contributed by atoms with Gasteiger partial charge < -0.3 is 5.73 Å². The summed E-state index contributed by atoms with van der Waals surface area (Å²) in [5.41, 5.74) is 7.77. The molecule has 4 heteroatoms. The lowest BCUT2D eigenvalue weighted by atomic mass is 9.96. The molecule has 2 rings (SSSR count). The number of carbonyl (C=O) groups excluding carboxylic acids is 2. The van der Waals surface area contributed by atoms with E-state index in [-0.39, 0.29) is 24.3 Å². The third-order valence-electron chi connectivity index (χ3n) is 3.35. The van der Waals surface area contributed by atoms with Crippen LogP contribution in [0.4, 0.5) is 5.69 Å². The fraction of sp³-hybridized carbons (Fsp3) is 0.375. The molecule has 0 radical (unpaired) electrons. The number of nitrogens with two attached hydrogens (primary N) is 1. The van der Waals surface area contributed by atoms with Crippen LogP contribution >= 0.6 is 0 Å². The lowest BCUT2D eigenvalue weighted by molar-refractivity contribution is -0.130. The molecule has 0 bridgehead atoms. The van der Waals surface area contributed by atoms with Crippen LogP contribution in [0.2, 0.25) is 0 Å². The largest absolute Gasteiger partial charge is 0.320 e. The Morgan fingerprint density at radius 1 is 1.30 bits per heavy atom. The first kappa shape index (κ1) is 14.3. The molecule has 1 aromatic rings. The minimum absolute atomic E-state index is 0.119. The van der Waals surface area contributed by atoms with Crippen molar-refractivity contribution in [2.24, 2.45) is 11.7 Å². The van der Waals surface area contributed by atoms with Crippen LogP contribution in [0.3, 0.4) is 0 Å². The zero-order chi connectivity index (χ0) is 14.7. The van der Waals surface area contributed by atoms with Gasteiger partial charge in [0, 0.05) is 18.4 Å². The van der Waals surface area contributed by atoms with Gasteiger partial charge in [-0.05, 0) is 30.5 Å². The summed E-state index contributed by atoms with van der Waals surface area (Å²) >= 11 is 0. The number of piperidine rings is 1. The minimum Gasteiger partial charge on any atom is -0.320 e. The Morgan fingerprint density at radius 3 is 2.55 bits per heavy atom. The second kappa shape index (κ2) is 5.89. The Bertz CT molecular complexity index is 593. The third kappa shape index (κ3) is 2.89. The molecule has 0 unspecified atom stereocenters. The van der Waals surface area contributed by atoms with E-state index in [1.165, 1.54) is 4.90 Å². The van der Waals surface area contributed by atoms with Crippen molar-refractivity contribution in [2.45, 2.75) is 26.7 Å². The lowest BCUT2D eigenvalue weighted by Gasteiger charge is -2.28. The first-order chi connectivity index (χ1) is 9.52. The molecule has 2 N–H and O–H groups in total. The summed E-state index contributed by atoms with van der Waals surface area (Å²) in [6.07, 6.45) is 0.812. The van der Waals surface area contributed by atoms with Gasteiger partial charge in [0.1, 0.15) is 0 Å². The number of imide groups is 1. The van der Waals surface area contributed by atoms with Crippen LogP contribution in [0.25, 0.3) is 0 Å². The van der Waals surface area contributed by atoms with Gasteiger partial charge in [0.15, 0.2) is 0 Å². The van der Waals surface area contributed by atoms with Crippen LogP contribution in [-0.2, 0) is 9.59 Å². The van der Waals surface area contributed by atoms with Crippen molar-refractivity contribution in [3.8, 4) is 11.8 Å². The number of carbonyl (C=O) groups is 2. The number of hydrogen-bond acceptors (Lipinski definition) is 3. The molecule has 0 atom stereocenters. The summed E-state index contributed by atoms with van der Waals surface area (Å²) in [5, 5.41) is 0. The molecule has 0 aliphatic carbocycles. The Balaban J connectivity index is 2.37. The molecule has 1 heterocycles. The summed E-state index contributed by atoms with van der Waals surface area (Å²) in [5.74, 6) is 5.59. The van der Waals surface area contributed by atoms with Gasteiger partial charge >= 0.3 is 0 Å². The monoisotopic (exact) mass is 270 g/mol. The van der Waals surface area contributed by atoms with Crippen LogP contribution < -0.4 is 10.6 Å². The van der Waals surface area contributed by atoms with Crippen molar-refractivity contribution in [3.05, 3.63) is 29.3 Å². The van der Waals surface area contributed by atoms with E-state index in [1.54, 1.807) is 12.1 Å². The van der Waals surface area contributed by atoms with E-state index in [9.17, 15) is 9.59 Å². The summed E-state index contributed by atoms with van der Waals surface area (Å²) < 4.78 is 0. The molecule has 1 aliphatic rings. The van der Waals surface area contributed by atoms with Gasteiger partial charge in [-0.25, -0.2) is 0 Å². The van der Waals surface area contributed by atoms with E-state index >= 15 is 0 Å². The second-order valence-corrected chi connectivity index (χ2v) is 5.14. The summed E-state index contributed by atoms with van der Waals surface area (Å²) in [6.45, 7) is 4.13. The van der Waals surface area contributed by atoms with Gasteiger partial charge in [0.05, 0.1) is 12.2 Å². The number of aryl methyl sites for hydroxylation is 1. The van der Waals surface area contributed by atoms with E-state index < -0.39 is 0 Å². The number of amides is 2. The molecule has 4 nitrogen and oxygen atoms in total. The maximum absolute atomic E-state index is 12.1. The molecule has 0 spiro atoms. The van der Waals surface area contributed by atoms with E-state index in [1.807, 2.05) is 19.9 Å². The first-order valence-electron chi connectivity index (χ1n) is 6.68. The highest BCUT2D eigenvalue weighted by Gasteiger charge is 2.31.